The molecule has 14 nitrogen and oxygen atoms in total. The molecule has 0 spiro atoms. The Morgan fingerprint density at radius 1 is 0.605 bits per heavy atom. The van der Waals surface area contributed by atoms with Gasteiger partial charge >= 0.3 is 13.2 Å². The summed E-state index contributed by atoms with van der Waals surface area (Å²) in [6, 6.07) is 21.5. The summed E-state index contributed by atoms with van der Waals surface area (Å²) in [5.41, 5.74) is 18.8. The number of ether oxygens (including phenoxy) is 2. The Hall–Kier alpha value is -7.84. The number of nitrogens with two attached hydrogens (primary N) is 2. The molecule has 2 fully saturated rings. The number of fused-ring (bicyclic) bond motifs is 18. The Morgan fingerprint density at radius 3 is 1.38 bits per heavy atom. The van der Waals surface area contributed by atoms with E-state index in [-0.39, 0.29) is 46.5 Å². The molecule has 0 saturated heterocycles. The second-order valence-corrected chi connectivity index (χ2v) is 20.9. The highest BCUT2D eigenvalue weighted by molar-refractivity contribution is 5.99. The zero-order valence-electron chi connectivity index (χ0n) is 40.8. The average Bonchev–Trinajstić information content (AvgIpc) is 4.30. The molecule has 2 amide bonds. The summed E-state index contributed by atoms with van der Waals surface area (Å²) in [4.78, 5) is 44.2. The van der Waals surface area contributed by atoms with Crippen LogP contribution in [0.25, 0.3) is 44.3 Å². The van der Waals surface area contributed by atoms with E-state index in [1.165, 1.54) is 36.4 Å². The lowest BCUT2D eigenvalue weighted by molar-refractivity contribution is -0.0513. The van der Waals surface area contributed by atoms with Crippen LogP contribution in [0.2, 0.25) is 0 Å². The van der Waals surface area contributed by atoms with E-state index in [0.717, 1.165) is 35.0 Å². The van der Waals surface area contributed by atoms with Gasteiger partial charge in [0.1, 0.15) is 34.8 Å². The van der Waals surface area contributed by atoms with Gasteiger partial charge < -0.3 is 40.7 Å². The lowest BCUT2D eigenvalue weighted by Gasteiger charge is -2.44. The molecule has 20 heteroatoms. The molecule has 4 aromatic carbocycles. The first kappa shape index (κ1) is 47.8. The van der Waals surface area contributed by atoms with Crippen LogP contribution in [0.15, 0.2) is 97.3 Å². The minimum absolute atomic E-state index is 0.0352. The molecule has 6 aliphatic rings. The SMILES string of the molecule is C[C@@H]1CC[C@@]1(N)c1ncc(-c2ccc3nc4n(c3c2)[C@@H]2C[C@H]4NC(=O)c3cccc(OC(F)F)c32)cc1F.C[C@H]1CC[C@]1(N)c1ncc(-c2ccc3nc4n(c3c2)[C@@H]2C[C@H]4NC(=O)c3cccc(OC(F)F)c32)cc1F. The van der Waals surface area contributed by atoms with Gasteiger partial charge in [-0.15, -0.1) is 0 Å². The summed E-state index contributed by atoms with van der Waals surface area (Å²) in [6.45, 7) is -2.05. The number of rotatable bonds is 8. The Labute approximate surface area is 429 Å². The first-order chi connectivity index (χ1) is 36.5. The highest BCUT2D eigenvalue weighted by Gasteiger charge is 2.47. The maximum absolute atomic E-state index is 15.2. The van der Waals surface area contributed by atoms with E-state index in [2.05, 4.69) is 20.6 Å². The number of pyridine rings is 2. The number of hydrogen-bond donors (Lipinski definition) is 4. The normalized spacial score (nSPS) is 25.5. The van der Waals surface area contributed by atoms with Crippen LogP contribution in [0.5, 0.6) is 11.5 Å². The molecule has 4 bridgehead atoms. The standard InChI is InChI=1S/2C28H24F3N5O2/c2*1-13-7-8-28(13,32)24-17(29)9-15(12-33-24)14-5-6-18-20(10-14)36-21-11-19(25(36)34-18)35-26(37)16-3-2-4-22(23(16)21)38-27(30)31/h2*2-6,9-10,12-13,19,21,27H,7-8,11,32H2,1H3,(H,35,37)/t13-,19+,21+,28+;13-,19-,21-,28+/m01/s1. The molecule has 4 aliphatic heterocycles. The Bertz CT molecular complexity index is 3510. The number of alkyl halides is 4. The second kappa shape index (κ2) is 17.4. The Kier molecular flexibility index (Phi) is 10.9. The molecule has 4 aromatic heterocycles. The molecule has 2 saturated carbocycles. The molecule has 6 N–H and O–H groups in total. The molecule has 0 unspecified atom stereocenters. The summed E-state index contributed by atoms with van der Waals surface area (Å²) >= 11 is 0. The van der Waals surface area contributed by atoms with Crippen LogP contribution >= 0.6 is 0 Å². The van der Waals surface area contributed by atoms with Gasteiger partial charge in [-0.25, -0.2) is 18.7 Å². The quantitative estimate of drug-likeness (QED) is 0.107. The molecule has 76 heavy (non-hydrogen) atoms. The largest absolute Gasteiger partial charge is 0.434 e. The van der Waals surface area contributed by atoms with Gasteiger partial charge in [0.05, 0.1) is 68.7 Å². The van der Waals surface area contributed by atoms with E-state index in [1.807, 2.05) is 59.4 Å². The molecule has 2 aliphatic carbocycles. The van der Waals surface area contributed by atoms with Crippen molar-refractivity contribution in [2.45, 2.75) is 101 Å². The van der Waals surface area contributed by atoms with E-state index < -0.39 is 60.1 Å². The molecule has 14 rings (SSSR count). The maximum Gasteiger partial charge on any atom is 0.387 e. The third-order valence-corrected chi connectivity index (χ3v) is 16.9. The minimum Gasteiger partial charge on any atom is -0.434 e. The third kappa shape index (κ3) is 7.30. The smallest absolute Gasteiger partial charge is 0.387 e. The number of nitrogens with zero attached hydrogens (tertiary/aromatic N) is 6. The van der Waals surface area contributed by atoms with Crippen molar-refractivity contribution in [3.63, 3.8) is 0 Å². The van der Waals surface area contributed by atoms with Gasteiger partial charge in [-0.1, -0.05) is 38.1 Å². The number of benzene rings is 4. The number of hydrogen-bond acceptors (Lipinski definition) is 10. The van der Waals surface area contributed by atoms with E-state index in [1.54, 1.807) is 24.5 Å². The van der Waals surface area contributed by atoms with Gasteiger partial charge in [-0.2, -0.15) is 17.6 Å². The molecule has 8 aromatic rings. The fraction of sp³-hybridized carbons (Fsp3) is 0.321. The van der Waals surface area contributed by atoms with Gasteiger partial charge in [0.25, 0.3) is 11.8 Å². The fourth-order valence-corrected chi connectivity index (χ4v) is 12.4. The summed E-state index contributed by atoms with van der Waals surface area (Å²) < 4.78 is 97.0. The zero-order valence-corrected chi connectivity index (χ0v) is 40.8. The van der Waals surface area contributed by atoms with Gasteiger partial charge in [0.2, 0.25) is 0 Å². The van der Waals surface area contributed by atoms with E-state index >= 15 is 8.78 Å². The van der Waals surface area contributed by atoms with Crippen molar-refractivity contribution < 1.29 is 45.4 Å². The third-order valence-electron chi connectivity index (χ3n) is 16.9. The number of imidazole rings is 2. The lowest BCUT2D eigenvalue weighted by atomic mass is 9.66. The summed E-state index contributed by atoms with van der Waals surface area (Å²) in [7, 11) is 0. The Morgan fingerprint density at radius 2 is 1.03 bits per heavy atom. The van der Waals surface area contributed by atoms with Crippen LogP contribution in [0.4, 0.5) is 26.3 Å². The van der Waals surface area contributed by atoms with Gasteiger partial charge in [0, 0.05) is 45.8 Å². The molecule has 0 radical (unpaired) electrons. The van der Waals surface area contributed by atoms with Crippen molar-refractivity contribution in [1.29, 1.82) is 0 Å². The Balaban J connectivity index is 0.000000146. The molecule has 388 valence electrons. The molecule has 8 heterocycles. The van der Waals surface area contributed by atoms with Crippen molar-refractivity contribution in [2.24, 2.45) is 23.3 Å². The number of aromatic nitrogens is 6. The number of carbonyl (C=O) groups excluding carboxylic acids is 2. The van der Waals surface area contributed by atoms with Crippen molar-refractivity contribution in [1.82, 2.24) is 39.7 Å². The monoisotopic (exact) mass is 1040 g/mol. The lowest BCUT2D eigenvalue weighted by Crippen LogP contribution is -2.51. The van der Waals surface area contributed by atoms with Crippen molar-refractivity contribution >= 4 is 33.9 Å². The van der Waals surface area contributed by atoms with Crippen LogP contribution in [-0.2, 0) is 11.1 Å². The highest BCUT2D eigenvalue weighted by atomic mass is 19.3. The van der Waals surface area contributed by atoms with Crippen LogP contribution in [-0.4, -0.2) is 54.1 Å². The summed E-state index contributed by atoms with van der Waals surface area (Å²) in [5.74, 6) is -0.0653. The first-order valence-corrected chi connectivity index (χ1v) is 25.2. The van der Waals surface area contributed by atoms with Crippen LogP contribution in [0.1, 0.15) is 131 Å². The number of amides is 2. The van der Waals surface area contributed by atoms with Crippen LogP contribution in [0, 0.1) is 23.5 Å². The van der Waals surface area contributed by atoms with Gasteiger partial charge in [0.15, 0.2) is 0 Å². The van der Waals surface area contributed by atoms with E-state index in [4.69, 9.17) is 30.9 Å². The summed E-state index contributed by atoms with van der Waals surface area (Å²) in [5, 5.41) is 5.95. The number of halogens is 6. The summed E-state index contributed by atoms with van der Waals surface area (Å²) in [6.07, 6.45) is 7.45. The maximum atomic E-state index is 15.2. The average molecular weight is 1040 g/mol. The predicted molar refractivity (Wildman–Crippen MR) is 266 cm³/mol. The molecular weight excluding hydrogens is 991 g/mol. The topological polar surface area (TPSA) is 190 Å². The van der Waals surface area contributed by atoms with Crippen molar-refractivity contribution in [3.8, 4) is 33.8 Å². The van der Waals surface area contributed by atoms with Gasteiger partial charge in [-0.05, 0) is 122 Å². The second-order valence-electron chi connectivity index (χ2n) is 20.9. The van der Waals surface area contributed by atoms with Crippen LogP contribution < -0.4 is 31.6 Å². The van der Waals surface area contributed by atoms with Crippen molar-refractivity contribution in [2.75, 3.05) is 0 Å². The first-order valence-electron chi connectivity index (χ1n) is 25.2. The fourth-order valence-electron chi connectivity index (χ4n) is 12.4. The zero-order chi connectivity index (χ0) is 52.7. The number of nitrogens with one attached hydrogen (secondary N) is 2. The predicted octanol–water partition coefficient (Wildman–Crippen LogP) is 10.4. The van der Waals surface area contributed by atoms with E-state index in [9.17, 15) is 27.2 Å². The highest BCUT2D eigenvalue weighted by Crippen LogP contribution is 2.51. The van der Waals surface area contributed by atoms with E-state index in [0.29, 0.717) is 81.7 Å². The minimum atomic E-state index is -3.03. The van der Waals surface area contributed by atoms with Crippen molar-refractivity contribution in [3.05, 3.63) is 154 Å². The van der Waals surface area contributed by atoms with Crippen LogP contribution in [0.3, 0.4) is 0 Å². The molecular formula is C56H48F6N10O4. The number of carbonyl (C=O) groups is 2. The molecule has 8 atom stereocenters. The van der Waals surface area contributed by atoms with Gasteiger partial charge in [-0.3, -0.25) is 19.6 Å².